The number of methoxy groups -OCH3 is 2. The number of benzene rings is 3. The van der Waals surface area contributed by atoms with Crippen molar-refractivity contribution in [2.45, 2.75) is 19.8 Å². The van der Waals surface area contributed by atoms with E-state index >= 15 is 0 Å². The predicted molar refractivity (Wildman–Crippen MR) is 170 cm³/mol. The van der Waals surface area contributed by atoms with Gasteiger partial charge in [-0.15, -0.1) is 0 Å². The highest BCUT2D eigenvalue weighted by Gasteiger charge is 2.11. The van der Waals surface area contributed by atoms with Crippen LogP contribution in [0.2, 0.25) is 0 Å². The van der Waals surface area contributed by atoms with Gasteiger partial charge in [0.05, 0.1) is 32.5 Å². The van der Waals surface area contributed by atoms with Crippen LogP contribution in [-0.2, 0) is 19.1 Å². The van der Waals surface area contributed by atoms with Gasteiger partial charge in [0.25, 0.3) is 0 Å². The van der Waals surface area contributed by atoms with E-state index in [1.54, 1.807) is 80.9 Å². The third-order valence-corrected chi connectivity index (χ3v) is 5.52. The maximum absolute atomic E-state index is 12.3. The topological polar surface area (TPSA) is 124 Å². The molecular formula is C35H40O10. The summed E-state index contributed by atoms with van der Waals surface area (Å²) in [5.74, 6) is 1.67. The Morgan fingerprint density at radius 3 is 1.80 bits per heavy atom. The summed E-state index contributed by atoms with van der Waals surface area (Å²) in [5, 5.41) is 0. The molecule has 0 N–H and O–H groups in total. The van der Waals surface area contributed by atoms with Crippen LogP contribution in [0, 0.1) is 6.92 Å². The molecule has 0 heterocycles. The van der Waals surface area contributed by atoms with Crippen LogP contribution in [0.4, 0.5) is 0 Å². The second-order valence-corrected chi connectivity index (χ2v) is 8.87. The molecule has 10 nitrogen and oxygen atoms in total. The first kappa shape index (κ1) is 37.8. The lowest BCUT2D eigenvalue weighted by atomic mass is 10.2. The number of ether oxygens (including phenoxy) is 6. The Bertz CT molecular complexity index is 1330. The molecule has 3 aromatic rings. The molecule has 0 saturated carbocycles. The van der Waals surface area contributed by atoms with Crippen molar-refractivity contribution in [1.82, 2.24) is 0 Å². The van der Waals surface area contributed by atoms with E-state index in [0.29, 0.717) is 60.9 Å². The molecule has 0 aliphatic heterocycles. The molecule has 0 radical (unpaired) electrons. The molecule has 3 aromatic carbocycles. The molecule has 0 spiro atoms. The van der Waals surface area contributed by atoms with Gasteiger partial charge < -0.3 is 28.4 Å². The maximum Gasteiger partial charge on any atom is 0.343 e. The zero-order valence-corrected chi connectivity index (χ0v) is 25.9. The lowest BCUT2D eigenvalue weighted by Crippen LogP contribution is -2.09. The van der Waals surface area contributed by atoms with Crippen LogP contribution in [0.15, 0.2) is 92.0 Å². The van der Waals surface area contributed by atoms with E-state index in [9.17, 15) is 14.4 Å². The number of esters is 2. The van der Waals surface area contributed by atoms with Gasteiger partial charge in [0.2, 0.25) is 0 Å². The van der Waals surface area contributed by atoms with E-state index in [1.165, 1.54) is 6.08 Å². The van der Waals surface area contributed by atoms with Gasteiger partial charge in [-0.25, -0.2) is 9.59 Å². The highest BCUT2D eigenvalue weighted by Crippen LogP contribution is 2.24. The molecule has 3 rings (SSSR count). The van der Waals surface area contributed by atoms with Crippen molar-refractivity contribution >= 4 is 24.5 Å². The smallest absolute Gasteiger partial charge is 0.343 e. The fourth-order valence-corrected chi connectivity index (χ4v) is 3.23. The minimum atomic E-state index is -0.454. The Balaban J connectivity index is 0.000000468. The van der Waals surface area contributed by atoms with Crippen LogP contribution in [-0.4, -0.2) is 65.2 Å². The van der Waals surface area contributed by atoms with Crippen LogP contribution in [0.5, 0.6) is 23.0 Å². The SMILES string of the molecule is C=CC(=O)OCCCOc1ccc(C(=O)Oc2ccc(OC)cc2C)cc1.C=CC=O.COCCCOc1ccc(C=O)cc1. The minimum Gasteiger partial charge on any atom is -0.497 e. The number of carbonyl (C=O) groups excluding carboxylic acids is 4. The molecule has 0 aliphatic rings. The second-order valence-electron chi connectivity index (χ2n) is 8.87. The zero-order chi connectivity index (χ0) is 33.3. The third-order valence-electron chi connectivity index (χ3n) is 5.52. The predicted octanol–water partition coefficient (Wildman–Crippen LogP) is 6.01. The summed E-state index contributed by atoms with van der Waals surface area (Å²) < 4.78 is 31.3. The molecule has 0 aliphatic carbocycles. The summed E-state index contributed by atoms with van der Waals surface area (Å²) in [5.41, 5.74) is 1.88. The maximum atomic E-state index is 12.3. The summed E-state index contributed by atoms with van der Waals surface area (Å²) >= 11 is 0. The lowest BCUT2D eigenvalue weighted by Gasteiger charge is -2.10. The first-order chi connectivity index (χ1) is 21.8. The number of aldehydes is 2. The van der Waals surface area contributed by atoms with Crippen molar-refractivity contribution in [3.63, 3.8) is 0 Å². The summed E-state index contributed by atoms with van der Waals surface area (Å²) in [7, 11) is 3.25. The molecule has 0 saturated heterocycles. The number of aryl methyl sites for hydroxylation is 1. The summed E-state index contributed by atoms with van der Waals surface area (Å²) in [6.45, 7) is 10.3. The molecule has 240 valence electrons. The first-order valence-corrected chi connectivity index (χ1v) is 13.9. The summed E-state index contributed by atoms with van der Waals surface area (Å²) in [6.07, 6.45) is 5.19. The highest BCUT2D eigenvalue weighted by atomic mass is 16.5. The Labute approximate surface area is 264 Å². The Morgan fingerprint density at radius 1 is 0.756 bits per heavy atom. The standard InChI is InChI=1S/C21H22O6.C11H14O3.C3H4O/c1-4-20(22)26-13-5-12-25-17-8-6-16(7-9-17)21(23)27-19-11-10-18(24-3)14-15(19)2;1-13-7-2-8-14-11-5-3-10(9-12)4-6-11;1-2-3-4/h4,6-11,14H,1,5,12-13H2,2-3H3;3-6,9H,2,7-8H2,1H3;2-3H,1H2. The molecule has 0 atom stereocenters. The molecule has 0 amide bonds. The lowest BCUT2D eigenvalue weighted by molar-refractivity contribution is -0.137. The van der Waals surface area contributed by atoms with Crippen molar-refractivity contribution in [2.75, 3.05) is 40.6 Å². The quantitative estimate of drug-likeness (QED) is 0.0619. The Hall–Kier alpha value is -5.22. The van der Waals surface area contributed by atoms with Crippen molar-refractivity contribution in [1.29, 1.82) is 0 Å². The molecular weight excluding hydrogens is 580 g/mol. The fraction of sp³-hybridized carbons (Fsp3) is 0.257. The van der Waals surface area contributed by atoms with Crippen LogP contribution in [0.25, 0.3) is 0 Å². The summed E-state index contributed by atoms with van der Waals surface area (Å²) in [4.78, 5) is 42.6. The van der Waals surface area contributed by atoms with Crippen LogP contribution < -0.4 is 18.9 Å². The van der Waals surface area contributed by atoms with E-state index in [0.717, 1.165) is 30.1 Å². The van der Waals surface area contributed by atoms with Gasteiger partial charge in [0.15, 0.2) is 0 Å². The van der Waals surface area contributed by atoms with Gasteiger partial charge in [0.1, 0.15) is 35.6 Å². The average molecular weight is 621 g/mol. The fourth-order valence-electron chi connectivity index (χ4n) is 3.23. The molecule has 0 bridgehead atoms. The number of hydrogen-bond acceptors (Lipinski definition) is 10. The van der Waals surface area contributed by atoms with Crippen molar-refractivity contribution in [2.24, 2.45) is 0 Å². The zero-order valence-electron chi connectivity index (χ0n) is 25.9. The van der Waals surface area contributed by atoms with Crippen molar-refractivity contribution in [3.05, 3.63) is 109 Å². The number of carbonyl (C=O) groups is 4. The van der Waals surface area contributed by atoms with E-state index in [2.05, 4.69) is 13.2 Å². The summed E-state index contributed by atoms with van der Waals surface area (Å²) in [6, 6.07) is 18.9. The van der Waals surface area contributed by atoms with Crippen LogP contribution >= 0.6 is 0 Å². The van der Waals surface area contributed by atoms with E-state index in [4.69, 9.17) is 33.2 Å². The van der Waals surface area contributed by atoms with Gasteiger partial charge >= 0.3 is 11.9 Å². The van der Waals surface area contributed by atoms with Crippen LogP contribution in [0.3, 0.4) is 0 Å². The van der Waals surface area contributed by atoms with E-state index in [-0.39, 0.29) is 6.61 Å². The highest BCUT2D eigenvalue weighted by molar-refractivity contribution is 5.91. The molecule has 0 aromatic heterocycles. The number of hydrogen-bond donors (Lipinski definition) is 0. The van der Waals surface area contributed by atoms with Crippen molar-refractivity contribution < 1.29 is 47.6 Å². The largest absolute Gasteiger partial charge is 0.497 e. The molecule has 0 fully saturated rings. The Morgan fingerprint density at radius 2 is 1.31 bits per heavy atom. The number of rotatable bonds is 16. The first-order valence-electron chi connectivity index (χ1n) is 13.9. The Kier molecular flexibility index (Phi) is 19.5. The minimum absolute atomic E-state index is 0.260. The average Bonchev–Trinajstić information content (AvgIpc) is 3.08. The number of allylic oxidation sites excluding steroid dienone is 1. The van der Waals surface area contributed by atoms with E-state index in [1.807, 2.05) is 6.92 Å². The molecule has 45 heavy (non-hydrogen) atoms. The monoisotopic (exact) mass is 620 g/mol. The van der Waals surface area contributed by atoms with Gasteiger partial charge in [0, 0.05) is 38.2 Å². The second kappa shape index (κ2) is 23.3. The normalized spacial score (nSPS) is 9.49. The molecule has 0 unspecified atom stereocenters. The van der Waals surface area contributed by atoms with Crippen LogP contribution in [0.1, 0.15) is 39.1 Å². The van der Waals surface area contributed by atoms with Gasteiger partial charge in [-0.05, 0) is 85.3 Å². The van der Waals surface area contributed by atoms with Gasteiger partial charge in [-0.1, -0.05) is 13.2 Å². The van der Waals surface area contributed by atoms with Gasteiger partial charge in [-0.2, -0.15) is 0 Å². The van der Waals surface area contributed by atoms with E-state index < -0.39 is 11.9 Å². The third kappa shape index (κ3) is 16.3. The van der Waals surface area contributed by atoms with Crippen molar-refractivity contribution in [3.8, 4) is 23.0 Å². The van der Waals surface area contributed by atoms with Gasteiger partial charge in [-0.3, -0.25) is 9.59 Å². The molecule has 10 heteroatoms.